The molecular weight excluding hydrogens is 294 g/mol. The Balaban J connectivity index is 3.30. The number of carbonyl (C=O) groups excluding carboxylic acids is 1. The number of carboxylic acid groups (broad SMARTS) is 1. The van der Waals surface area contributed by atoms with E-state index in [0.717, 1.165) is 6.07 Å². The van der Waals surface area contributed by atoms with E-state index < -0.39 is 28.6 Å². The number of nitrogens with one attached hydrogen (secondary N) is 1. The highest BCUT2D eigenvalue weighted by Crippen LogP contribution is 2.28. The smallest absolute Gasteiger partial charge is 0.345 e. The number of rotatable bonds is 7. The van der Waals surface area contributed by atoms with Crippen molar-refractivity contribution in [2.24, 2.45) is 5.92 Å². The first-order valence-corrected chi connectivity index (χ1v) is 6.59. The molecule has 2 N–H and O–H groups in total. The van der Waals surface area contributed by atoms with Crippen LogP contribution in [0.3, 0.4) is 0 Å². The molecule has 22 heavy (non-hydrogen) atoms. The van der Waals surface area contributed by atoms with Crippen LogP contribution < -0.4 is 5.32 Å². The molecule has 0 spiro atoms. The molecule has 1 atom stereocenters. The minimum Gasteiger partial charge on any atom is -0.480 e. The fourth-order valence-corrected chi connectivity index (χ4v) is 1.78. The SMILES string of the molecule is CCOC(=O)c1ccnc(N[C@H](C(=O)O)C(C)C)c1[N+](=O)[O-]. The van der Waals surface area contributed by atoms with Gasteiger partial charge in [0.25, 0.3) is 0 Å². The number of aliphatic carboxylic acids is 1. The van der Waals surface area contributed by atoms with Gasteiger partial charge < -0.3 is 15.2 Å². The Labute approximate surface area is 126 Å². The Kier molecular flexibility index (Phi) is 5.79. The van der Waals surface area contributed by atoms with Crippen LogP contribution >= 0.6 is 0 Å². The van der Waals surface area contributed by atoms with Gasteiger partial charge in [-0.15, -0.1) is 0 Å². The maximum atomic E-state index is 11.8. The van der Waals surface area contributed by atoms with Crippen LogP contribution in [0, 0.1) is 16.0 Å². The standard InChI is InChI=1S/C13H17N3O6/c1-4-22-13(19)8-5-6-14-11(10(8)16(20)21)15-9(7(2)3)12(17)18/h5-7,9H,4H2,1-3H3,(H,14,15)(H,17,18)/t9-/m0/s1. The van der Waals surface area contributed by atoms with Gasteiger partial charge in [-0.1, -0.05) is 13.8 Å². The zero-order valence-electron chi connectivity index (χ0n) is 12.4. The number of nitrogens with zero attached hydrogens (tertiary/aromatic N) is 2. The molecule has 0 aliphatic heterocycles. The van der Waals surface area contributed by atoms with Crippen molar-refractivity contribution >= 4 is 23.4 Å². The van der Waals surface area contributed by atoms with Gasteiger partial charge in [-0.2, -0.15) is 0 Å². The van der Waals surface area contributed by atoms with Gasteiger partial charge in [-0.3, -0.25) is 10.1 Å². The van der Waals surface area contributed by atoms with Crippen LogP contribution in [0.5, 0.6) is 0 Å². The lowest BCUT2D eigenvalue weighted by molar-refractivity contribution is -0.384. The van der Waals surface area contributed by atoms with E-state index in [1.807, 2.05) is 0 Å². The fraction of sp³-hybridized carbons (Fsp3) is 0.462. The monoisotopic (exact) mass is 311 g/mol. The van der Waals surface area contributed by atoms with E-state index in [4.69, 9.17) is 9.84 Å². The predicted molar refractivity (Wildman–Crippen MR) is 76.7 cm³/mol. The van der Waals surface area contributed by atoms with E-state index in [1.165, 1.54) is 6.20 Å². The van der Waals surface area contributed by atoms with Crippen molar-refractivity contribution in [1.29, 1.82) is 0 Å². The molecule has 1 aromatic heterocycles. The number of anilines is 1. The molecular formula is C13H17N3O6. The molecule has 0 aromatic carbocycles. The van der Waals surface area contributed by atoms with Gasteiger partial charge in [0.15, 0.2) is 0 Å². The lowest BCUT2D eigenvalue weighted by Gasteiger charge is -2.18. The van der Waals surface area contributed by atoms with Crippen molar-refractivity contribution < 1.29 is 24.4 Å². The van der Waals surface area contributed by atoms with Gasteiger partial charge in [-0.05, 0) is 18.9 Å². The molecule has 0 amide bonds. The average molecular weight is 311 g/mol. The van der Waals surface area contributed by atoms with Crippen LogP contribution in [0.15, 0.2) is 12.3 Å². The van der Waals surface area contributed by atoms with Gasteiger partial charge in [0.1, 0.15) is 11.6 Å². The summed E-state index contributed by atoms with van der Waals surface area (Å²) in [6.07, 6.45) is 1.18. The minimum absolute atomic E-state index is 0.0603. The van der Waals surface area contributed by atoms with Crippen molar-refractivity contribution in [2.75, 3.05) is 11.9 Å². The molecule has 0 aliphatic rings. The molecule has 1 aromatic rings. The number of hydrogen-bond acceptors (Lipinski definition) is 7. The lowest BCUT2D eigenvalue weighted by atomic mass is 10.0. The van der Waals surface area contributed by atoms with E-state index in [-0.39, 0.29) is 23.9 Å². The summed E-state index contributed by atoms with van der Waals surface area (Å²) in [5.41, 5.74) is -0.884. The van der Waals surface area contributed by atoms with Crippen LogP contribution in [0.25, 0.3) is 0 Å². The molecule has 0 aliphatic carbocycles. The first-order chi connectivity index (χ1) is 10.3. The summed E-state index contributed by atoms with van der Waals surface area (Å²) in [5.74, 6) is -2.66. The number of ether oxygens (including phenoxy) is 1. The van der Waals surface area contributed by atoms with Gasteiger partial charge in [-0.25, -0.2) is 14.6 Å². The molecule has 1 rings (SSSR count). The van der Waals surface area contributed by atoms with Crippen molar-refractivity contribution in [3.8, 4) is 0 Å². The number of hydrogen-bond donors (Lipinski definition) is 2. The van der Waals surface area contributed by atoms with Gasteiger partial charge in [0.2, 0.25) is 5.82 Å². The Bertz CT molecular complexity index is 587. The third-order valence-electron chi connectivity index (χ3n) is 2.83. The predicted octanol–water partition coefficient (Wildman–Crippen LogP) is 1.69. The number of aromatic nitrogens is 1. The zero-order chi connectivity index (χ0) is 16.9. The third kappa shape index (κ3) is 3.90. The van der Waals surface area contributed by atoms with Crippen LogP contribution in [-0.2, 0) is 9.53 Å². The highest BCUT2D eigenvalue weighted by molar-refractivity contribution is 5.96. The normalized spacial score (nSPS) is 11.8. The second-order valence-corrected chi connectivity index (χ2v) is 4.74. The Morgan fingerprint density at radius 2 is 2.14 bits per heavy atom. The maximum Gasteiger partial charge on any atom is 0.345 e. The Hall–Kier alpha value is -2.71. The average Bonchev–Trinajstić information content (AvgIpc) is 2.43. The molecule has 1 heterocycles. The van der Waals surface area contributed by atoms with Crippen LogP contribution in [0.2, 0.25) is 0 Å². The summed E-state index contributed by atoms with van der Waals surface area (Å²) in [6, 6.07) is 0.0792. The summed E-state index contributed by atoms with van der Waals surface area (Å²) in [4.78, 5) is 37.2. The molecule has 9 heteroatoms. The molecule has 0 unspecified atom stereocenters. The highest BCUT2D eigenvalue weighted by Gasteiger charge is 2.30. The topological polar surface area (TPSA) is 132 Å². The van der Waals surface area contributed by atoms with Crippen LogP contribution in [0.4, 0.5) is 11.5 Å². The highest BCUT2D eigenvalue weighted by atomic mass is 16.6. The summed E-state index contributed by atoms with van der Waals surface area (Å²) >= 11 is 0. The molecule has 0 fully saturated rings. The van der Waals surface area contributed by atoms with Crippen molar-refractivity contribution in [1.82, 2.24) is 4.98 Å². The molecule has 0 saturated carbocycles. The molecule has 9 nitrogen and oxygen atoms in total. The maximum absolute atomic E-state index is 11.8. The second kappa shape index (κ2) is 7.34. The first-order valence-electron chi connectivity index (χ1n) is 6.59. The third-order valence-corrected chi connectivity index (χ3v) is 2.83. The van der Waals surface area contributed by atoms with Gasteiger partial charge in [0, 0.05) is 6.20 Å². The lowest BCUT2D eigenvalue weighted by Crippen LogP contribution is -2.35. The quantitative estimate of drug-likeness (QED) is 0.441. The van der Waals surface area contributed by atoms with Gasteiger partial charge in [0.05, 0.1) is 11.5 Å². The van der Waals surface area contributed by atoms with E-state index >= 15 is 0 Å². The van der Waals surface area contributed by atoms with E-state index in [2.05, 4.69) is 10.3 Å². The summed E-state index contributed by atoms with van der Waals surface area (Å²) in [7, 11) is 0. The minimum atomic E-state index is -1.17. The second-order valence-electron chi connectivity index (χ2n) is 4.74. The number of esters is 1. The summed E-state index contributed by atoms with van der Waals surface area (Å²) in [5, 5.41) is 22.9. The number of pyridine rings is 1. The van der Waals surface area contributed by atoms with E-state index in [0.29, 0.717) is 0 Å². The molecule has 0 bridgehead atoms. The fourth-order valence-electron chi connectivity index (χ4n) is 1.78. The summed E-state index contributed by atoms with van der Waals surface area (Å²) < 4.78 is 4.76. The van der Waals surface area contributed by atoms with E-state index in [9.17, 15) is 19.7 Å². The molecule has 0 radical (unpaired) electrons. The van der Waals surface area contributed by atoms with Crippen LogP contribution in [-0.4, -0.2) is 39.6 Å². The Morgan fingerprint density at radius 1 is 1.50 bits per heavy atom. The van der Waals surface area contributed by atoms with Crippen LogP contribution in [0.1, 0.15) is 31.1 Å². The molecule has 120 valence electrons. The number of carboxylic acids is 1. The zero-order valence-corrected chi connectivity index (χ0v) is 12.4. The summed E-state index contributed by atoms with van der Waals surface area (Å²) in [6.45, 7) is 4.92. The van der Waals surface area contributed by atoms with E-state index in [1.54, 1.807) is 20.8 Å². The number of nitro groups is 1. The number of carbonyl (C=O) groups is 2. The van der Waals surface area contributed by atoms with Crippen molar-refractivity contribution in [3.05, 3.63) is 27.9 Å². The molecule has 0 saturated heterocycles. The van der Waals surface area contributed by atoms with Crippen molar-refractivity contribution in [2.45, 2.75) is 26.8 Å². The van der Waals surface area contributed by atoms with Gasteiger partial charge >= 0.3 is 17.6 Å². The Morgan fingerprint density at radius 3 is 2.59 bits per heavy atom. The largest absolute Gasteiger partial charge is 0.480 e. The first kappa shape index (κ1) is 17.3. The van der Waals surface area contributed by atoms with Crippen molar-refractivity contribution in [3.63, 3.8) is 0 Å².